The van der Waals surface area contributed by atoms with Crippen molar-refractivity contribution in [2.24, 2.45) is 0 Å². The van der Waals surface area contributed by atoms with Crippen molar-refractivity contribution in [2.45, 2.75) is 12.3 Å². The average molecular weight is 313 g/mol. The molecule has 1 atom stereocenters. The van der Waals surface area contributed by atoms with Gasteiger partial charge in [0, 0.05) is 33.9 Å². The fourth-order valence-electron chi connectivity index (χ4n) is 2.92. The van der Waals surface area contributed by atoms with Crippen LogP contribution in [0.2, 0.25) is 5.02 Å². The highest BCUT2D eigenvalue weighted by Gasteiger charge is 2.20. The summed E-state index contributed by atoms with van der Waals surface area (Å²) in [5.41, 5.74) is 1.81. The first-order valence-electron chi connectivity index (χ1n) is 7.28. The minimum Gasteiger partial charge on any atom is -0.507 e. The predicted octanol–water partition coefficient (Wildman–Crippen LogP) is 4.71. The largest absolute Gasteiger partial charge is 0.507 e. The van der Waals surface area contributed by atoms with E-state index in [2.05, 4.69) is 0 Å². The molecule has 0 amide bonds. The van der Waals surface area contributed by atoms with Crippen LogP contribution in [0.4, 0.5) is 0 Å². The molecule has 3 heteroatoms. The quantitative estimate of drug-likeness (QED) is 0.732. The molecule has 112 valence electrons. The topological polar surface area (TPSA) is 40.5 Å². The zero-order chi connectivity index (χ0) is 15.5. The van der Waals surface area contributed by atoms with Gasteiger partial charge in [-0.05, 0) is 18.1 Å². The lowest BCUT2D eigenvalue weighted by molar-refractivity contribution is 0.281. The molecule has 3 aromatic rings. The molecule has 0 heterocycles. The Kier molecular flexibility index (Phi) is 4.32. The van der Waals surface area contributed by atoms with Gasteiger partial charge in [-0.25, -0.2) is 0 Å². The highest BCUT2D eigenvalue weighted by molar-refractivity contribution is 6.36. The van der Waals surface area contributed by atoms with E-state index in [4.69, 9.17) is 11.6 Å². The lowest BCUT2D eigenvalue weighted by atomic mass is 9.87. The van der Waals surface area contributed by atoms with Crippen molar-refractivity contribution in [3.05, 3.63) is 76.8 Å². The second kappa shape index (κ2) is 6.39. The number of phenolic OH excluding ortho intramolecular Hbond substituents is 1. The number of hydrogen-bond acceptors (Lipinski definition) is 2. The van der Waals surface area contributed by atoms with Gasteiger partial charge in [0.2, 0.25) is 0 Å². The molecule has 3 aromatic carbocycles. The Morgan fingerprint density at radius 2 is 1.55 bits per heavy atom. The minimum atomic E-state index is -0.0895. The number of benzene rings is 3. The van der Waals surface area contributed by atoms with Crippen LogP contribution in [0, 0.1) is 0 Å². The number of aromatic hydroxyl groups is 1. The molecule has 0 spiro atoms. The van der Waals surface area contributed by atoms with Crippen LogP contribution < -0.4 is 0 Å². The molecule has 0 saturated heterocycles. The van der Waals surface area contributed by atoms with E-state index in [1.807, 2.05) is 60.7 Å². The number of fused-ring (bicyclic) bond motifs is 1. The van der Waals surface area contributed by atoms with Gasteiger partial charge in [0.05, 0.1) is 0 Å². The van der Waals surface area contributed by atoms with Gasteiger partial charge in [-0.15, -0.1) is 0 Å². The Morgan fingerprint density at radius 1 is 0.909 bits per heavy atom. The molecule has 0 unspecified atom stereocenters. The molecule has 0 aliphatic carbocycles. The van der Waals surface area contributed by atoms with Gasteiger partial charge in [0.25, 0.3) is 0 Å². The summed E-state index contributed by atoms with van der Waals surface area (Å²) >= 11 is 6.39. The van der Waals surface area contributed by atoms with Gasteiger partial charge in [0.15, 0.2) is 0 Å². The van der Waals surface area contributed by atoms with E-state index in [1.54, 1.807) is 0 Å². The number of phenols is 1. The summed E-state index contributed by atoms with van der Waals surface area (Å²) in [6.45, 7) is 0.0451. The van der Waals surface area contributed by atoms with E-state index in [9.17, 15) is 10.2 Å². The molecular formula is C19H17ClO2. The van der Waals surface area contributed by atoms with Gasteiger partial charge in [-0.1, -0.05) is 66.2 Å². The molecule has 0 radical (unpaired) electrons. The monoisotopic (exact) mass is 312 g/mol. The number of halogens is 1. The highest BCUT2D eigenvalue weighted by Crippen LogP contribution is 2.41. The molecule has 3 rings (SSSR count). The van der Waals surface area contributed by atoms with Crippen LogP contribution in [0.3, 0.4) is 0 Å². The Balaban J connectivity index is 2.20. The summed E-state index contributed by atoms with van der Waals surface area (Å²) in [4.78, 5) is 0. The Hall–Kier alpha value is -2.03. The molecule has 2 nitrogen and oxygen atoms in total. The van der Waals surface area contributed by atoms with Crippen LogP contribution in [0.15, 0.2) is 60.7 Å². The van der Waals surface area contributed by atoms with Crippen molar-refractivity contribution in [3.8, 4) is 5.75 Å². The van der Waals surface area contributed by atoms with E-state index < -0.39 is 0 Å². The fraction of sp³-hybridized carbons (Fsp3) is 0.158. The molecule has 2 N–H and O–H groups in total. The zero-order valence-electron chi connectivity index (χ0n) is 12.0. The molecule has 0 bridgehead atoms. The fourth-order valence-corrected chi connectivity index (χ4v) is 3.20. The van der Waals surface area contributed by atoms with Crippen LogP contribution in [0.25, 0.3) is 10.8 Å². The van der Waals surface area contributed by atoms with Crippen molar-refractivity contribution in [1.29, 1.82) is 0 Å². The lowest BCUT2D eigenvalue weighted by Crippen LogP contribution is -2.04. The molecule has 0 aromatic heterocycles. The molecule has 22 heavy (non-hydrogen) atoms. The first-order chi connectivity index (χ1) is 10.7. The average Bonchev–Trinajstić information content (AvgIpc) is 2.57. The van der Waals surface area contributed by atoms with E-state index in [0.717, 1.165) is 21.9 Å². The first-order valence-corrected chi connectivity index (χ1v) is 7.66. The number of hydrogen-bond donors (Lipinski definition) is 2. The van der Waals surface area contributed by atoms with Gasteiger partial charge in [0.1, 0.15) is 5.75 Å². The van der Waals surface area contributed by atoms with Crippen LogP contribution in [-0.4, -0.2) is 16.8 Å². The molecule has 0 saturated carbocycles. The van der Waals surface area contributed by atoms with Crippen molar-refractivity contribution < 1.29 is 10.2 Å². The summed E-state index contributed by atoms with van der Waals surface area (Å²) in [6, 6.07) is 19.2. The molecule has 0 fully saturated rings. The van der Waals surface area contributed by atoms with Crippen LogP contribution in [-0.2, 0) is 0 Å². The van der Waals surface area contributed by atoms with Crippen molar-refractivity contribution in [2.75, 3.05) is 6.61 Å². The maximum Gasteiger partial charge on any atom is 0.127 e. The summed E-state index contributed by atoms with van der Waals surface area (Å²) in [5.74, 6) is 0.149. The summed E-state index contributed by atoms with van der Waals surface area (Å²) in [5, 5.41) is 22.3. The van der Waals surface area contributed by atoms with Gasteiger partial charge >= 0.3 is 0 Å². The zero-order valence-corrected chi connectivity index (χ0v) is 12.8. The first kappa shape index (κ1) is 14.9. The second-order valence-corrected chi connectivity index (χ2v) is 5.72. The Labute approximate surface area is 134 Å². The lowest BCUT2D eigenvalue weighted by Gasteiger charge is -2.20. The smallest absolute Gasteiger partial charge is 0.127 e. The molecule has 0 aliphatic rings. The third kappa shape index (κ3) is 2.68. The molecular weight excluding hydrogens is 296 g/mol. The number of aliphatic hydroxyl groups is 1. The number of aliphatic hydroxyl groups excluding tert-OH is 1. The van der Waals surface area contributed by atoms with E-state index in [1.165, 1.54) is 0 Å². The van der Waals surface area contributed by atoms with Gasteiger partial charge < -0.3 is 10.2 Å². The maximum absolute atomic E-state index is 10.7. The van der Waals surface area contributed by atoms with Crippen molar-refractivity contribution in [3.63, 3.8) is 0 Å². The Bertz CT molecular complexity index is 784. The van der Waals surface area contributed by atoms with E-state index >= 15 is 0 Å². The third-order valence-corrected chi connectivity index (χ3v) is 4.30. The van der Waals surface area contributed by atoms with Crippen molar-refractivity contribution in [1.82, 2.24) is 0 Å². The minimum absolute atomic E-state index is 0.0451. The standard InChI is InChI=1S/C19H17ClO2/c20-18-12-17(19(22)16-9-5-4-8-15(16)18)14(10-11-21)13-6-2-1-3-7-13/h1-9,12,14,21-22H,10-11H2/t14-/m0/s1. The molecule has 0 aliphatic heterocycles. The maximum atomic E-state index is 10.7. The highest BCUT2D eigenvalue weighted by atomic mass is 35.5. The van der Waals surface area contributed by atoms with Gasteiger partial charge in [-0.2, -0.15) is 0 Å². The Morgan fingerprint density at radius 3 is 2.23 bits per heavy atom. The van der Waals surface area contributed by atoms with E-state index in [-0.39, 0.29) is 18.3 Å². The van der Waals surface area contributed by atoms with Crippen molar-refractivity contribution >= 4 is 22.4 Å². The normalized spacial score (nSPS) is 12.5. The number of rotatable bonds is 4. The van der Waals surface area contributed by atoms with E-state index in [0.29, 0.717) is 11.4 Å². The second-order valence-electron chi connectivity index (χ2n) is 5.32. The summed E-state index contributed by atoms with van der Waals surface area (Å²) in [7, 11) is 0. The summed E-state index contributed by atoms with van der Waals surface area (Å²) < 4.78 is 0. The summed E-state index contributed by atoms with van der Waals surface area (Å²) in [6.07, 6.45) is 0.534. The SMILES string of the molecule is OCC[C@@H](c1ccccc1)c1cc(Cl)c2ccccc2c1O. The predicted molar refractivity (Wildman–Crippen MR) is 90.6 cm³/mol. The van der Waals surface area contributed by atoms with Crippen LogP contribution in [0.5, 0.6) is 5.75 Å². The van der Waals surface area contributed by atoms with Crippen LogP contribution >= 0.6 is 11.6 Å². The third-order valence-electron chi connectivity index (χ3n) is 3.99. The van der Waals surface area contributed by atoms with Crippen LogP contribution in [0.1, 0.15) is 23.5 Å². The van der Waals surface area contributed by atoms with Gasteiger partial charge in [-0.3, -0.25) is 0 Å².